The molecule has 0 saturated carbocycles. The lowest BCUT2D eigenvalue weighted by atomic mass is 10.2. The summed E-state index contributed by atoms with van der Waals surface area (Å²) in [5.74, 6) is -1.27. The summed E-state index contributed by atoms with van der Waals surface area (Å²) in [5, 5.41) is 9.46. The number of esters is 1. The first-order chi connectivity index (χ1) is 14.9. The van der Waals surface area contributed by atoms with Crippen LogP contribution in [0.5, 0.6) is 5.75 Å². The number of benzene rings is 2. The van der Waals surface area contributed by atoms with Gasteiger partial charge in [0.05, 0.1) is 22.8 Å². The minimum absolute atomic E-state index is 0.160. The van der Waals surface area contributed by atoms with Crippen LogP contribution >= 0.6 is 11.8 Å². The van der Waals surface area contributed by atoms with E-state index in [9.17, 15) is 14.4 Å². The second kappa shape index (κ2) is 9.94. The second-order valence-corrected chi connectivity index (χ2v) is 7.36. The molecule has 1 aliphatic rings. The molecule has 0 unspecified atom stereocenters. The van der Waals surface area contributed by atoms with E-state index in [0.29, 0.717) is 27.1 Å². The molecule has 0 aromatic heterocycles. The quantitative estimate of drug-likeness (QED) is 0.518. The zero-order valence-corrected chi connectivity index (χ0v) is 17.7. The number of rotatable bonds is 7. The van der Waals surface area contributed by atoms with Gasteiger partial charge in [0, 0.05) is 12.6 Å². The van der Waals surface area contributed by atoms with E-state index in [0.717, 1.165) is 0 Å². The molecule has 2 aromatic rings. The Hall–Kier alpha value is -3.59. The van der Waals surface area contributed by atoms with Gasteiger partial charge in [-0.1, -0.05) is 18.2 Å². The summed E-state index contributed by atoms with van der Waals surface area (Å²) in [6.07, 6.45) is 1.68. The van der Waals surface area contributed by atoms with Crippen molar-refractivity contribution in [3.8, 4) is 5.75 Å². The molecule has 1 amide bonds. The Morgan fingerprint density at radius 1 is 1.16 bits per heavy atom. The maximum absolute atomic E-state index is 12.7. The first-order valence-electron chi connectivity index (χ1n) is 9.36. The van der Waals surface area contributed by atoms with Crippen LogP contribution < -0.4 is 4.74 Å². The van der Waals surface area contributed by atoms with Crippen LogP contribution in [0.1, 0.15) is 22.8 Å². The summed E-state index contributed by atoms with van der Waals surface area (Å²) in [7, 11) is 1.61. The molecule has 1 N–H and O–H groups in total. The van der Waals surface area contributed by atoms with Crippen molar-refractivity contribution in [1.29, 1.82) is 0 Å². The van der Waals surface area contributed by atoms with Crippen molar-refractivity contribution in [1.82, 2.24) is 4.90 Å². The Labute approximate surface area is 183 Å². The highest BCUT2D eigenvalue weighted by atomic mass is 32.2. The van der Waals surface area contributed by atoms with Gasteiger partial charge in [-0.3, -0.25) is 9.69 Å². The Bertz CT molecular complexity index is 1060. The molecule has 0 bridgehead atoms. The van der Waals surface area contributed by atoms with Crippen LogP contribution in [0.3, 0.4) is 0 Å². The van der Waals surface area contributed by atoms with Crippen LogP contribution in [0.25, 0.3) is 6.08 Å². The van der Waals surface area contributed by atoms with Crippen LogP contribution in [0.15, 0.2) is 58.4 Å². The Morgan fingerprint density at radius 3 is 2.55 bits per heavy atom. The summed E-state index contributed by atoms with van der Waals surface area (Å²) in [5.41, 5.74) is 1.34. The number of ether oxygens (including phenoxy) is 2. The summed E-state index contributed by atoms with van der Waals surface area (Å²) in [6, 6.07) is 13.1. The molecule has 8 nitrogen and oxygen atoms in total. The van der Waals surface area contributed by atoms with Crippen molar-refractivity contribution in [2.24, 2.45) is 4.99 Å². The van der Waals surface area contributed by atoms with Crippen LogP contribution in [0.2, 0.25) is 0 Å². The summed E-state index contributed by atoms with van der Waals surface area (Å²) >= 11 is 1.19. The fourth-order valence-corrected chi connectivity index (χ4v) is 3.63. The molecule has 3 rings (SSSR count). The predicted molar refractivity (Wildman–Crippen MR) is 117 cm³/mol. The molecule has 1 fully saturated rings. The normalized spacial score (nSPS) is 16.1. The summed E-state index contributed by atoms with van der Waals surface area (Å²) < 4.78 is 10.4. The number of hydrogen-bond donors (Lipinski definition) is 1. The molecule has 1 aliphatic heterocycles. The number of likely N-dealkylation sites (N-methyl/N-ethyl adjacent to an activating group) is 1. The smallest absolute Gasteiger partial charge is 0.344 e. The van der Waals surface area contributed by atoms with Gasteiger partial charge in [-0.15, -0.1) is 0 Å². The molecule has 0 aliphatic carbocycles. The van der Waals surface area contributed by atoms with E-state index in [1.54, 1.807) is 56.4 Å². The van der Waals surface area contributed by atoms with Gasteiger partial charge in [-0.25, -0.2) is 14.6 Å². The third-order valence-corrected chi connectivity index (χ3v) is 5.26. The average molecular weight is 440 g/mol. The minimum atomic E-state index is -1.02. The predicted octanol–water partition coefficient (Wildman–Crippen LogP) is 3.56. The van der Waals surface area contributed by atoms with E-state index in [1.165, 1.54) is 28.8 Å². The lowest BCUT2D eigenvalue weighted by Crippen LogP contribution is -2.23. The van der Waals surface area contributed by atoms with Crippen LogP contribution in [-0.4, -0.2) is 53.3 Å². The number of aromatic carboxylic acids is 1. The number of hydrogen-bond acceptors (Lipinski definition) is 7. The number of carboxylic acids is 1. The van der Waals surface area contributed by atoms with E-state index < -0.39 is 11.9 Å². The number of aliphatic imine (C=N–C) groups is 1. The van der Waals surface area contributed by atoms with Crippen molar-refractivity contribution >= 4 is 46.5 Å². The van der Waals surface area contributed by atoms with Crippen LogP contribution in [0.4, 0.5) is 5.69 Å². The first-order valence-corrected chi connectivity index (χ1v) is 10.2. The Morgan fingerprint density at radius 2 is 1.87 bits per heavy atom. The van der Waals surface area contributed by atoms with Gasteiger partial charge in [0.1, 0.15) is 5.75 Å². The molecule has 31 heavy (non-hydrogen) atoms. The zero-order chi connectivity index (χ0) is 22.4. The molecule has 9 heteroatoms. The highest BCUT2D eigenvalue weighted by Crippen LogP contribution is 2.34. The summed E-state index contributed by atoms with van der Waals surface area (Å²) in [6.45, 7) is 1.76. The molecule has 0 spiro atoms. The highest BCUT2D eigenvalue weighted by molar-refractivity contribution is 8.18. The van der Waals surface area contributed by atoms with Gasteiger partial charge in [0.15, 0.2) is 11.8 Å². The molecule has 1 saturated heterocycles. The fraction of sp³-hybridized carbons (Fsp3) is 0.182. The number of carbonyl (C=O) groups is 3. The van der Waals surface area contributed by atoms with E-state index in [-0.39, 0.29) is 24.7 Å². The molecule has 1 heterocycles. The van der Waals surface area contributed by atoms with E-state index in [1.807, 2.05) is 0 Å². The zero-order valence-electron chi connectivity index (χ0n) is 16.9. The first kappa shape index (κ1) is 22.1. The SMILES string of the molecule is CCOC(=O)COc1ccccc1/C=C1\SC(=Nc2ccc(C(=O)O)cc2)N(C)C1=O. The number of carboxylic acid groups (broad SMARTS) is 1. The second-order valence-electron chi connectivity index (χ2n) is 6.35. The Balaban J connectivity index is 1.80. The Kier molecular flexibility index (Phi) is 7.09. The monoisotopic (exact) mass is 440 g/mol. The van der Waals surface area contributed by atoms with E-state index >= 15 is 0 Å². The minimum Gasteiger partial charge on any atom is -0.481 e. The topological polar surface area (TPSA) is 106 Å². The molecular weight excluding hydrogens is 420 g/mol. The maximum Gasteiger partial charge on any atom is 0.344 e. The lowest BCUT2D eigenvalue weighted by Gasteiger charge is -2.09. The van der Waals surface area contributed by atoms with Crippen molar-refractivity contribution in [3.05, 3.63) is 64.6 Å². The molecular formula is C22H20N2O6S. The maximum atomic E-state index is 12.7. The summed E-state index contributed by atoms with van der Waals surface area (Å²) in [4.78, 5) is 41.5. The van der Waals surface area contributed by atoms with Gasteiger partial charge in [-0.05, 0) is 55.1 Å². The highest BCUT2D eigenvalue weighted by Gasteiger charge is 2.30. The van der Waals surface area contributed by atoms with Crippen molar-refractivity contribution in [2.75, 3.05) is 20.3 Å². The number of amidine groups is 1. The van der Waals surface area contributed by atoms with Crippen LogP contribution in [0, 0.1) is 0 Å². The van der Waals surface area contributed by atoms with Crippen molar-refractivity contribution in [2.45, 2.75) is 6.92 Å². The van der Waals surface area contributed by atoms with Gasteiger partial charge in [-0.2, -0.15) is 0 Å². The van der Waals surface area contributed by atoms with Gasteiger partial charge in [0.25, 0.3) is 5.91 Å². The van der Waals surface area contributed by atoms with Crippen LogP contribution in [-0.2, 0) is 14.3 Å². The third kappa shape index (κ3) is 5.52. The molecule has 2 aromatic carbocycles. The average Bonchev–Trinajstić information content (AvgIpc) is 3.01. The number of para-hydroxylation sites is 1. The largest absolute Gasteiger partial charge is 0.481 e. The van der Waals surface area contributed by atoms with Gasteiger partial charge >= 0.3 is 11.9 Å². The van der Waals surface area contributed by atoms with Crippen molar-refractivity contribution in [3.63, 3.8) is 0 Å². The van der Waals surface area contributed by atoms with E-state index in [4.69, 9.17) is 14.6 Å². The number of thioether (sulfide) groups is 1. The third-order valence-electron chi connectivity index (χ3n) is 4.20. The van der Waals surface area contributed by atoms with E-state index in [2.05, 4.69) is 4.99 Å². The van der Waals surface area contributed by atoms with Crippen molar-refractivity contribution < 1.29 is 29.0 Å². The van der Waals surface area contributed by atoms with Gasteiger partial charge < -0.3 is 14.6 Å². The standard InChI is InChI=1S/C22H20N2O6S/c1-3-29-19(25)13-30-17-7-5-4-6-15(17)12-18-20(26)24(2)22(31-18)23-16-10-8-14(9-11-16)21(27)28/h4-12H,3,13H2,1-2H3,(H,27,28)/b18-12-,23-22?. The molecule has 160 valence electrons. The molecule has 0 radical (unpaired) electrons. The lowest BCUT2D eigenvalue weighted by molar-refractivity contribution is -0.145. The van der Waals surface area contributed by atoms with Gasteiger partial charge in [0.2, 0.25) is 0 Å². The number of amides is 1. The fourth-order valence-electron chi connectivity index (χ4n) is 2.65. The number of carbonyl (C=O) groups excluding carboxylic acids is 2. The number of nitrogens with zero attached hydrogens (tertiary/aromatic N) is 2. The molecule has 0 atom stereocenters.